The van der Waals surface area contributed by atoms with Crippen LogP contribution in [0.2, 0.25) is 0 Å². The molecule has 12 heavy (non-hydrogen) atoms. The maximum atomic E-state index is 11.0. The van der Waals surface area contributed by atoms with Crippen LogP contribution in [0.3, 0.4) is 0 Å². The number of para-hydroxylation sites is 1. The van der Waals surface area contributed by atoms with Crippen LogP contribution in [0.25, 0.3) is 0 Å². The second-order valence-corrected chi connectivity index (χ2v) is 2.58. The molecule has 3 nitrogen and oxygen atoms in total. The lowest BCUT2D eigenvalue weighted by atomic mass is 10.3. The Bertz CT molecular complexity index is 256. The summed E-state index contributed by atoms with van der Waals surface area (Å²) in [6.45, 7) is 0. The number of carbonyl (C=O) groups excluding carboxylic acids is 1. The van der Waals surface area contributed by atoms with Crippen molar-refractivity contribution in [3.05, 3.63) is 30.3 Å². The van der Waals surface area contributed by atoms with E-state index in [2.05, 4.69) is 0 Å². The molecular formula is C9H11NO2. The van der Waals surface area contributed by atoms with Gasteiger partial charge in [-0.1, -0.05) is 18.2 Å². The molecule has 0 atom stereocenters. The van der Waals surface area contributed by atoms with E-state index in [1.807, 2.05) is 18.2 Å². The quantitative estimate of drug-likeness (QED) is 0.634. The minimum absolute atomic E-state index is 0.360. The van der Waals surface area contributed by atoms with E-state index in [9.17, 15) is 4.79 Å². The second-order valence-electron chi connectivity index (χ2n) is 2.58. The molecule has 0 N–H and O–H groups in total. The molecule has 0 bridgehead atoms. The van der Waals surface area contributed by atoms with Gasteiger partial charge in [-0.15, -0.1) is 0 Å². The maximum absolute atomic E-state index is 11.0. The number of carbonyl (C=O) groups is 1. The van der Waals surface area contributed by atoms with Crippen LogP contribution in [0, 0.1) is 0 Å². The fraction of sp³-hybridized carbons (Fsp3) is 0.222. The van der Waals surface area contributed by atoms with Crippen LogP contribution in [0.15, 0.2) is 30.3 Å². The highest BCUT2D eigenvalue weighted by atomic mass is 16.6. The number of hydrogen-bond acceptors (Lipinski definition) is 2. The van der Waals surface area contributed by atoms with Crippen molar-refractivity contribution < 1.29 is 9.53 Å². The highest BCUT2D eigenvalue weighted by molar-refractivity contribution is 5.69. The summed E-state index contributed by atoms with van der Waals surface area (Å²) in [7, 11) is 3.29. The molecule has 3 heteroatoms. The number of hydrogen-bond donors (Lipinski definition) is 0. The molecule has 1 aromatic rings. The van der Waals surface area contributed by atoms with Crippen LogP contribution in [0.5, 0.6) is 5.75 Å². The van der Waals surface area contributed by atoms with Gasteiger partial charge in [0, 0.05) is 14.1 Å². The van der Waals surface area contributed by atoms with Gasteiger partial charge in [0.1, 0.15) is 5.75 Å². The lowest BCUT2D eigenvalue weighted by Gasteiger charge is -2.09. The molecule has 0 unspecified atom stereocenters. The Kier molecular flexibility index (Phi) is 2.69. The zero-order valence-electron chi connectivity index (χ0n) is 7.15. The first-order chi connectivity index (χ1) is 5.70. The predicted molar refractivity (Wildman–Crippen MR) is 46.2 cm³/mol. The van der Waals surface area contributed by atoms with E-state index in [1.54, 1.807) is 26.2 Å². The van der Waals surface area contributed by atoms with E-state index in [1.165, 1.54) is 4.90 Å². The first-order valence-corrected chi connectivity index (χ1v) is 3.64. The number of rotatable bonds is 1. The Balaban J connectivity index is 2.59. The summed E-state index contributed by atoms with van der Waals surface area (Å²) in [4.78, 5) is 12.4. The molecule has 0 fully saturated rings. The third-order valence-corrected chi connectivity index (χ3v) is 1.31. The molecule has 1 rings (SSSR count). The molecule has 1 aromatic carbocycles. The van der Waals surface area contributed by atoms with Gasteiger partial charge in [0.25, 0.3) is 0 Å². The van der Waals surface area contributed by atoms with Crippen molar-refractivity contribution in [2.24, 2.45) is 0 Å². The van der Waals surface area contributed by atoms with Crippen molar-refractivity contribution in [2.45, 2.75) is 0 Å². The number of benzene rings is 1. The smallest absolute Gasteiger partial charge is 0.410 e. The van der Waals surface area contributed by atoms with Crippen molar-refractivity contribution in [3.8, 4) is 5.75 Å². The summed E-state index contributed by atoms with van der Waals surface area (Å²) in [5, 5.41) is 0. The minimum Gasteiger partial charge on any atom is -0.410 e. The molecule has 0 aromatic heterocycles. The summed E-state index contributed by atoms with van der Waals surface area (Å²) >= 11 is 0. The summed E-state index contributed by atoms with van der Waals surface area (Å²) in [5.41, 5.74) is 0. The molecule has 0 saturated carbocycles. The first-order valence-electron chi connectivity index (χ1n) is 3.64. The summed E-state index contributed by atoms with van der Waals surface area (Å²) in [6.07, 6.45) is -0.360. The van der Waals surface area contributed by atoms with Gasteiger partial charge in [-0.05, 0) is 12.1 Å². The van der Waals surface area contributed by atoms with Crippen LogP contribution in [-0.4, -0.2) is 25.1 Å². The van der Waals surface area contributed by atoms with Crippen LogP contribution in [0.4, 0.5) is 4.79 Å². The largest absolute Gasteiger partial charge is 0.414 e. The zero-order chi connectivity index (χ0) is 8.97. The molecular weight excluding hydrogens is 154 g/mol. The lowest BCUT2D eigenvalue weighted by molar-refractivity contribution is 0.172. The van der Waals surface area contributed by atoms with Crippen molar-refractivity contribution in [1.29, 1.82) is 0 Å². The number of amides is 1. The number of nitrogens with zero attached hydrogens (tertiary/aromatic N) is 1. The van der Waals surface area contributed by atoms with Gasteiger partial charge in [-0.25, -0.2) is 4.79 Å². The monoisotopic (exact) mass is 165 g/mol. The highest BCUT2D eigenvalue weighted by Crippen LogP contribution is 2.08. The second kappa shape index (κ2) is 3.76. The molecule has 0 aliphatic heterocycles. The van der Waals surface area contributed by atoms with Crippen LogP contribution < -0.4 is 4.74 Å². The van der Waals surface area contributed by atoms with Crippen molar-refractivity contribution in [1.82, 2.24) is 4.90 Å². The van der Waals surface area contributed by atoms with Gasteiger partial charge in [0.05, 0.1) is 0 Å². The maximum Gasteiger partial charge on any atom is 0.414 e. The fourth-order valence-corrected chi connectivity index (χ4v) is 0.681. The van der Waals surface area contributed by atoms with Crippen LogP contribution in [-0.2, 0) is 0 Å². The molecule has 0 aliphatic carbocycles. The van der Waals surface area contributed by atoms with E-state index in [4.69, 9.17) is 4.74 Å². The van der Waals surface area contributed by atoms with Gasteiger partial charge in [0.15, 0.2) is 0 Å². The standard InChI is InChI=1S/C9H11NO2/c1-10(2)9(11)12-8-6-4-3-5-7-8/h3-7H,1-2H3. The predicted octanol–water partition coefficient (Wildman–Crippen LogP) is 1.75. The Hall–Kier alpha value is -1.51. The Labute approximate surface area is 71.6 Å². The summed E-state index contributed by atoms with van der Waals surface area (Å²) in [5.74, 6) is 0.566. The van der Waals surface area contributed by atoms with Crippen molar-refractivity contribution >= 4 is 6.09 Å². The SMILES string of the molecule is CN(C)C(=O)Oc1ccccc1. The molecule has 0 spiro atoms. The molecule has 0 radical (unpaired) electrons. The average Bonchev–Trinajstić information content (AvgIpc) is 2.06. The van der Waals surface area contributed by atoms with E-state index in [0.29, 0.717) is 5.75 Å². The normalized spacial score (nSPS) is 9.17. The Morgan fingerprint density at radius 2 is 1.83 bits per heavy atom. The molecule has 64 valence electrons. The van der Waals surface area contributed by atoms with Gasteiger partial charge < -0.3 is 9.64 Å². The minimum atomic E-state index is -0.360. The topological polar surface area (TPSA) is 29.5 Å². The third kappa shape index (κ3) is 2.27. The zero-order valence-corrected chi connectivity index (χ0v) is 7.15. The highest BCUT2D eigenvalue weighted by Gasteiger charge is 2.04. The van der Waals surface area contributed by atoms with Gasteiger partial charge in [0.2, 0.25) is 0 Å². The van der Waals surface area contributed by atoms with E-state index in [-0.39, 0.29) is 6.09 Å². The van der Waals surface area contributed by atoms with E-state index < -0.39 is 0 Å². The van der Waals surface area contributed by atoms with Crippen molar-refractivity contribution in [3.63, 3.8) is 0 Å². The van der Waals surface area contributed by atoms with Crippen LogP contribution >= 0.6 is 0 Å². The molecule has 0 saturated heterocycles. The Morgan fingerprint density at radius 3 is 2.33 bits per heavy atom. The Morgan fingerprint density at radius 1 is 1.25 bits per heavy atom. The van der Waals surface area contributed by atoms with Gasteiger partial charge in [-0.2, -0.15) is 0 Å². The summed E-state index contributed by atoms with van der Waals surface area (Å²) in [6, 6.07) is 8.98. The number of ether oxygens (including phenoxy) is 1. The molecule has 1 amide bonds. The van der Waals surface area contributed by atoms with Crippen molar-refractivity contribution in [2.75, 3.05) is 14.1 Å². The van der Waals surface area contributed by atoms with Crippen LogP contribution in [0.1, 0.15) is 0 Å². The van der Waals surface area contributed by atoms with Gasteiger partial charge >= 0.3 is 6.09 Å². The van der Waals surface area contributed by atoms with E-state index in [0.717, 1.165) is 0 Å². The molecule has 0 heterocycles. The average molecular weight is 165 g/mol. The lowest BCUT2D eigenvalue weighted by Crippen LogP contribution is -2.25. The first kappa shape index (κ1) is 8.59. The van der Waals surface area contributed by atoms with Gasteiger partial charge in [-0.3, -0.25) is 0 Å². The van der Waals surface area contributed by atoms with E-state index >= 15 is 0 Å². The molecule has 0 aliphatic rings. The third-order valence-electron chi connectivity index (χ3n) is 1.31. The fourth-order valence-electron chi connectivity index (χ4n) is 0.681. The summed E-state index contributed by atoms with van der Waals surface area (Å²) < 4.78 is 4.96.